The third-order valence-corrected chi connectivity index (χ3v) is 2.90. The van der Waals surface area contributed by atoms with Gasteiger partial charge in [-0.05, 0) is 43.3 Å². The zero-order valence-electron chi connectivity index (χ0n) is 12.2. The van der Waals surface area contributed by atoms with Gasteiger partial charge in [0.15, 0.2) is 5.82 Å². The van der Waals surface area contributed by atoms with Crippen molar-refractivity contribution in [1.29, 1.82) is 0 Å². The first kappa shape index (κ1) is 14.6. The van der Waals surface area contributed by atoms with E-state index in [4.69, 9.17) is 4.74 Å². The normalized spacial score (nSPS) is 11.8. The van der Waals surface area contributed by atoms with Crippen molar-refractivity contribution in [1.82, 2.24) is 25.5 Å². The lowest BCUT2D eigenvalue weighted by molar-refractivity contribution is -0.00909. The molecular weight excluding hydrogens is 254 g/mol. The van der Waals surface area contributed by atoms with Crippen LogP contribution in [0.15, 0.2) is 30.3 Å². The summed E-state index contributed by atoms with van der Waals surface area (Å²) >= 11 is 0. The van der Waals surface area contributed by atoms with Crippen LogP contribution >= 0.6 is 0 Å². The maximum Gasteiger partial charge on any atom is 0.170 e. The molecule has 2 aromatic rings. The highest BCUT2D eigenvalue weighted by molar-refractivity contribution is 5.30. The first-order chi connectivity index (χ1) is 9.62. The van der Waals surface area contributed by atoms with Crippen LogP contribution in [0.3, 0.4) is 0 Å². The standard InChI is InChI=1S/C14H21N5O/c1-4-20-14(2,3)11-15-10-13-16-17-18-19(13)12-8-6-5-7-9-12/h5-9,15H,4,10-11H2,1-3H3. The lowest BCUT2D eigenvalue weighted by Crippen LogP contribution is -2.37. The summed E-state index contributed by atoms with van der Waals surface area (Å²) in [5, 5.41) is 15.2. The van der Waals surface area contributed by atoms with Gasteiger partial charge in [-0.15, -0.1) is 5.10 Å². The van der Waals surface area contributed by atoms with Gasteiger partial charge in [0.25, 0.3) is 0 Å². The predicted molar refractivity (Wildman–Crippen MR) is 76.6 cm³/mol. The molecule has 0 atom stereocenters. The second-order valence-electron chi connectivity index (χ2n) is 5.14. The second-order valence-corrected chi connectivity index (χ2v) is 5.14. The number of rotatable bonds is 7. The molecule has 0 fully saturated rings. The summed E-state index contributed by atoms with van der Waals surface area (Å²) in [6.07, 6.45) is 0. The molecule has 0 aliphatic rings. The van der Waals surface area contributed by atoms with Crippen LogP contribution in [0.25, 0.3) is 5.69 Å². The molecule has 20 heavy (non-hydrogen) atoms. The molecule has 0 amide bonds. The highest BCUT2D eigenvalue weighted by atomic mass is 16.5. The van der Waals surface area contributed by atoms with Gasteiger partial charge in [-0.1, -0.05) is 18.2 Å². The SMILES string of the molecule is CCOC(C)(C)CNCc1nnnn1-c1ccccc1. The van der Waals surface area contributed by atoms with Gasteiger partial charge in [0, 0.05) is 13.2 Å². The van der Waals surface area contributed by atoms with Crippen molar-refractivity contribution in [3.05, 3.63) is 36.2 Å². The van der Waals surface area contributed by atoms with Gasteiger partial charge >= 0.3 is 0 Å². The third-order valence-electron chi connectivity index (χ3n) is 2.90. The fraction of sp³-hybridized carbons (Fsp3) is 0.500. The molecule has 0 aliphatic heterocycles. The van der Waals surface area contributed by atoms with Crippen molar-refractivity contribution in [2.75, 3.05) is 13.2 Å². The Morgan fingerprint density at radius 3 is 2.70 bits per heavy atom. The molecule has 0 saturated carbocycles. The highest BCUT2D eigenvalue weighted by Crippen LogP contribution is 2.09. The average molecular weight is 275 g/mol. The molecule has 2 rings (SSSR count). The van der Waals surface area contributed by atoms with Crippen molar-refractivity contribution >= 4 is 0 Å². The van der Waals surface area contributed by atoms with E-state index >= 15 is 0 Å². The van der Waals surface area contributed by atoms with E-state index < -0.39 is 0 Å². The Kier molecular flexibility index (Phi) is 4.81. The van der Waals surface area contributed by atoms with Gasteiger partial charge in [0.2, 0.25) is 0 Å². The Morgan fingerprint density at radius 1 is 1.25 bits per heavy atom. The second kappa shape index (κ2) is 6.58. The van der Waals surface area contributed by atoms with E-state index in [2.05, 4.69) is 34.7 Å². The maximum absolute atomic E-state index is 5.64. The fourth-order valence-electron chi connectivity index (χ4n) is 2.00. The van der Waals surface area contributed by atoms with Crippen LogP contribution in [0.2, 0.25) is 0 Å². The molecule has 0 radical (unpaired) electrons. The summed E-state index contributed by atoms with van der Waals surface area (Å²) in [5.41, 5.74) is 0.762. The summed E-state index contributed by atoms with van der Waals surface area (Å²) in [6.45, 7) is 8.16. The average Bonchev–Trinajstić information content (AvgIpc) is 2.88. The molecule has 0 spiro atoms. The molecule has 1 aromatic heterocycles. The largest absolute Gasteiger partial charge is 0.375 e. The molecule has 1 heterocycles. The van der Waals surface area contributed by atoms with Crippen molar-refractivity contribution < 1.29 is 4.74 Å². The van der Waals surface area contributed by atoms with E-state index in [1.54, 1.807) is 4.68 Å². The Bertz CT molecular complexity index is 523. The van der Waals surface area contributed by atoms with Crippen LogP contribution in [-0.2, 0) is 11.3 Å². The Labute approximate surface area is 119 Å². The van der Waals surface area contributed by atoms with Crippen molar-refractivity contribution in [3.63, 3.8) is 0 Å². The first-order valence-corrected chi connectivity index (χ1v) is 6.80. The molecule has 1 aromatic carbocycles. The van der Waals surface area contributed by atoms with E-state index in [1.807, 2.05) is 37.3 Å². The molecule has 0 bridgehead atoms. The quantitative estimate of drug-likeness (QED) is 0.831. The number of hydrogen-bond acceptors (Lipinski definition) is 5. The smallest absolute Gasteiger partial charge is 0.170 e. The van der Waals surface area contributed by atoms with Crippen LogP contribution in [-0.4, -0.2) is 39.0 Å². The number of ether oxygens (including phenoxy) is 1. The zero-order valence-corrected chi connectivity index (χ0v) is 12.2. The van der Waals surface area contributed by atoms with Crippen LogP contribution < -0.4 is 5.32 Å². The number of tetrazole rings is 1. The van der Waals surface area contributed by atoms with Crippen molar-refractivity contribution in [2.45, 2.75) is 32.9 Å². The third kappa shape index (κ3) is 3.85. The van der Waals surface area contributed by atoms with E-state index in [0.29, 0.717) is 13.2 Å². The summed E-state index contributed by atoms with van der Waals surface area (Å²) in [5.74, 6) is 0.781. The fourth-order valence-corrected chi connectivity index (χ4v) is 2.00. The first-order valence-electron chi connectivity index (χ1n) is 6.80. The number of nitrogens with one attached hydrogen (secondary N) is 1. The molecular formula is C14H21N5O. The zero-order chi connectivity index (χ0) is 14.4. The number of hydrogen-bond donors (Lipinski definition) is 1. The number of para-hydroxylation sites is 1. The van der Waals surface area contributed by atoms with Gasteiger partial charge in [-0.25, -0.2) is 0 Å². The molecule has 0 aliphatic carbocycles. The topological polar surface area (TPSA) is 64.9 Å². The minimum atomic E-state index is -0.195. The number of nitrogens with zero attached hydrogens (tertiary/aromatic N) is 4. The van der Waals surface area contributed by atoms with Gasteiger partial charge in [0.05, 0.1) is 17.8 Å². The predicted octanol–water partition coefficient (Wildman–Crippen LogP) is 1.57. The van der Waals surface area contributed by atoms with Crippen molar-refractivity contribution in [2.24, 2.45) is 0 Å². The Balaban J connectivity index is 1.97. The molecule has 6 heteroatoms. The van der Waals surface area contributed by atoms with Gasteiger partial charge in [0.1, 0.15) is 0 Å². The molecule has 0 unspecified atom stereocenters. The lowest BCUT2D eigenvalue weighted by Gasteiger charge is -2.24. The Morgan fingerprint density at radius 2 is 2.00 bits per heavy atom. The summed E-state index contributed by atoms with van der Waals surface area (Å²) in [4.78, 5) is 0. The summed E-state index contributed by atoms with van der Waals surface area (Å²) in [6, 6.07) is 9.85. The van der Waals surface area contributed by atoms with Crippen LogP contribution in [0, 0.1) is 0 Å². The van der Waals surface area contributed by atoms with Gasteiger partial charge in [-0.3, -0.25) is 0 Å². The van der Waals surface area contributed by atoms with Crippen LogP contribution in [0.1, 0.15) is 26.6 Å². The van der Waals surface area contributed by atoms with Crippen LogP contribution in [0.4, 0.5) is 0 Å². The minimum Gasteiger partial charge on any atom is -0.375 e. The van der Waals surface area contributed by atoms with E-state index in [-0.39, 0.29) is 5.60 Å². The molecule has 108 valence electrons. The summed E-state index contributed by atoms with van der Waals surface area (Å²) in [7, 11) is 0. The molecule has 1 N–H and O–H groups in total. The van der Waals surface area contributed by atoms with E-state index in [1.165, 1.54) is 0 Å². The number of benzene rings is 1. The number of aromatic nitrogens is 4. The maximum atomic E-state index is 5.64. The monoisotopic (exact) mass is 275 g/mol. The van der Waals surface area contributed by atoms with Crippen molar-refractivity contribution in [3.8, 4) is 5.69 Å². The highest BCUT2D eigenvalue weighted by Gasteiger charge is 2.17. The lowest BCUT2D eigenvalue weighted by atomic mass is 10.1. The van der Waals surface area contributed by atoms with Gasteiger partial charge < -0.3 is 10.1 Å². The van der Waals surface area contributed by atoms with E-state index in [9.17, 15) is 0 Å². The van der Waals surface area contributed by atoms with Crippen LogP contribution in [0.5, 0.6) is 0 Å². The van der Waals surface area contributed by atoms with E-state index in [0.717, 1.165) is 18.1 Å². The van der Waals surface area contributed by atoms with Gasteiger partial charge in [-0.2, -0.15) is 4.68 Å². The summed E-state index contributed by atoms with van der Waals surface area (Å²) < 4.78 is 7.38. The Hall–Kier alpha value is -1.79. The minimum absolute atomic E-state index is 0.195. The molecule has 0 saturated heterocycles. The molecule has 6 nitrogen and oxygen atoms in total.